The fourth-order valence-corrected chi connectivity index (χ4v) is 1.52. The number of carbonyl (C=O) groups is 1. The topological polar surface area (TPSA) is 118 Å². The number of rotatable bonds is 3. The Morgan fingerprint density at radius 3 is 2.05 bits per heavy atom. The van der Waals surface area contributed by atoms with Crippen LogP contribution in [0.5, 0.6) is 0 Å². The van der Waals surface area contributed by atoms with Crippen molar-refractivity contribution in [3.63, 3.8) is 0 Å². The molecule has 0 aliphatic rings. The van der Waals surface area contributed by atoms with E-state index in [0.717, 1.165) is 0 Å². The fourth-order valence-electron chi connectivity index (χ4n) is 1.52. The van der Waals surface area contributed by atoms with Gasteiger partial charge in [-0.2, -0.15) is 0 Å². The summed E-state index contributed by atoms with van der Waals surface area (Å²) in [5, 5.41) is 10.6. The molecule has 2 rings (SSSR count). The molecule has 0 atom stereocenters. The van der Waals surface area contributed by atoms with E-state index in [1.165, 1.54) is 18.2 Å². The van der Waals surface area contributed by atoms with Gasteiger partial charge in [0.05, 0.1) is 4.92 Å². The molecule has 0 saturated heterocycles. The largest absolute Gasteiger partial charge is 0.692 e. The Morgan fingerprint density at radius 2 is 1.52 bits per heavy atom. The maximum absolute atomic E-state index is 12.0. The van der Waals surface area contributed by atoms with Crippen molar-refractivity contribution in [3.05, 3.63) is 75.8 Å². The maximum atomic E-state index is 12.0. The molecule has 2 aromatic rings. The van der Waals surface area contributed by atoms with Gasteiger partial charge in [-0.05, 0) is 0 Å². The zero-order valence-electron chi connectivity index (χ0n) is 10.6. The number of hydrogen-bond acceptors (Lipinski definition) is 4. The highest BCUT2D eigenvalue weighted by atomic mass is 31.1. The third kappa shape index (κ3) is 5.58. The van der Waals surface area contributed by atoms with Gasteiger partial charge >= 0.3 is 8.25 Å². The molecule has 7 nitrogen and oxygen atoms in total. The van der Waals surface area contributed by atoms with Crippen LogP contribution in [0, 0.1) is 10.1 Å². The van der Waals surface area contributed by atoms with Crippen molar-refractivity contribution in [1.82, 2.24) is 0 Å². The minimum Gasteiger partial charge on any atom is -0.289 e. The first-order chi connectivity index (χ1) is 9.91. The highest BCUT2D eigenvalue weighted by Gasteiger charge is 2.12. The number of carbonyl (C=O) groups excluding carboxylic acids is 1. The molecule has 0 unspecified atom stereocenters. The van der Waals surface area contributed by atoms with Crippen LogP contribution in [0.15, 0.2) is 54.6 Å². The fraction of sp³-hybridized carbons (Fsp3) is 0. The molecular weight excluding hydrogens is 297 g/mol. The van der Waals surface area contributed by atoms with Crippen LogP contribution in [0.1, 0.15) is 15.9 Å². The number of ketones is 1. The lowest BCUT2D eigenvalue weighted by molar-refractivity contribution is -0.384. The van der Waals surface area contributed by atoms with Crippen molar-refractivity contribution in [2.45, 2.75) is 0 Å². The Hall–Kier alpha value is -2.47. The van der Waals surface area contributed by atoms with Crippen LogP contribution in [0.2, 0.25) is 0 Å². The Balaban J connectivity index is 0.000000491. The zero-order chi connectivity index (χ0) is 15.8. The van der Waals surface area contributed by atoms with Crippen molar-refractivity contribution >= 4 is 19.7 Å². The summed E-state index contributed by atoms with van der Waals surface area (Å²) >= 11 is 0. The lowest BCUT2D eigenvalue weighted by Crippen LogP contribution is -2.01. The molecule has 2 aromatic carbocycles. The predicted molar refractivity (Wildman–Crippen MR) is 75.0 cm³/mol. The van der Waals surface area contributed by atoms with Gasteiger partial charge in [0.1, 0.15) is 0 Å². The smallest absolute Gasteiger partial charge is 0.289 e. The van der Waals surface area contributed by atoms with Gasteiger partial charge in [-0.15, -0.1) is 9.79 Å². The summed E-state index contributed by atoms with van der Waals surface area (Å²) < 4.78 is 8.70. The molecule has 0 aromatic heterocycles. The highest BCUT2D eigenvalue weighted by molar-refractivity contribution is 7.30. The van der Waals surface area contributed by atoms with E-state index < -0.39 is 13.2 Å². The van der Waals surface area contributed by atoms with Crippen molar-refractivity contribution < 1.29 is 24.1 Å². The lowest BCUT2D eigenvalue weighted by atomic mass is 10.0. The second-order valence-corrected chi connectivity index (χ2v) is 4.26. The Morgan fingerprint density at radius 1 is 1.00 bits per heavy atom. The van der Waals surface area contributed by atoms with E-state index in [9.17, 15) is 14.9 Å². The molecule has 0 aliphatic heterocycles. The summed E-state index contributed by atoms with van der Waals surface area (Å²) in [5.74, 6) is -0.214. The van der Waals surface area contributed by atoms with Crippen molar-refractivity contribution in [3.8, 4) is 0 Å². The Labute approximate surface area is 120 Å². The van der Waals surface area contributed by atoms with Gasteiger partial charge < -0.3 is 0 Å². The molecule has 8 heteroatoms. The third-order valence-electron chi connectivity index (χ3n) is 2.36. The first kappa shape index (κ1) is 16.6. The van der Waals surface area contributed by atoms with E-state index in [1.807, 2.05) is 6.07 Å². The molecule has 0 heterocycles. The number of benzene rings is 2. The van der Waals surface area contributed by atoms with Crippen LogP contribution in [0.25, 0.3) is 0 Å². The summed E-state index contributed by atoms with van der Waals surface area (Å²) in [7, 11) is -2.87. The van der Waals surface area contributed by atoms with Crippen molar-refractivity contribution in [2.75, 3.05) is 0 Å². The van der Waals surface area contributed by atoms with E-state index in [-0.39, 0.29) is 11.5 Å². The van der Waals surface area contributed by atoms with Crippen LogP contribution in [-0.4, -0.2) is 20.5 Å². The SMILES string of the molecule is O=C(c1ccccc1)c1cccc([N+](=O)[O-])c1.O=[P+](O)O. The predicted octanol–water partition coefficient (Wildman–Crippen LogP) is 2.45. The molecule has 0 aliphatic carbocycles. The molecule has 0 fully saturated rings. The monoisotopic (exact) mass is 308 g/mol. The van der Waals surface area contributed by atoms with E-state index >= 15 is 0 Å². The summed E-state index contributed by atoms with van der Waals surface area (Å²) in [5.41, 5.74) is 0.769. The molecule has 21 heavy (non-hydrogen) atoms. The van der Waals surface area contributed by atoms with Gasteiger partial charge in [-0.1, -0.05) is 42.5 Å². The summed E-state index contributed by atoms with van der Waals surface area (Å²) in [6.45, 7) is 0. The van der Waals surface area contributed by atoms with Gasteiger partial charge in [0.2, 0.25) is 0 Å². The van der Waals surface area contributed by atoms with Crippen LogP contribution >= 0.6 is 8.25 Å². The van der Waals surface area contributed by atoms with E-state index in [1.54, 1.807) is 30.3 Å². The highest BCUT2D eigenvalue weighted by Crippen LogP contribution is 2.16. The molecule has 0 radical (unpaired) electrons. The van der Waals surface area contributed by atoms with E-state index in [4.69, 9.17) is 14.4 Å². The third-order valence-corrected chi connectivity index (χ3v) is 2.36. The standard InChI is InChI=1S/C13H9NO3.HO3P/c15-13(10-5-2-1-3-6-10)11-7-4-8-12(9-11)14(16)17;1-4(2)3/h1-9H;(H-,1,2,3)/p+1. The second kappa shape index (κ2) is 7.96. The normalized spacial score (nSPS) is 9.24. The van der Waals surface area contributed by atoms with Gasteiger partial charge in [0.25, 0.3) is 5.69 Å². The first-order valence-electron chi connectivity index (χ1n) is 5.61. The minimum absolute atomic E-state index is 0.0771. The molecule has 0 spiro atoms. The number of non-ortho nitro benzene ring substituents is 1. The number of hydrogen-bond donors (Lipinski definition) is 2. The van der Waals surface area contributed by atoms with Gasteiger partial charge in [-0.25, -0.2) is 0 Å². The summed E-state index contributed by atoms with van der Waals surface area (Å²) in [4.78, 5) is 36.3. The van der Waals surface area contributed by atoms with Gasteiger partial charge in [-0.3, -0.25) is 14.9 Å². The van der Waals surface area contributed by atoms with E-state index in [2.05, 4.69) is 0 Å². The van der Waals surface area contributed by atoms with Crippen LogP contribution in [0.3, 0.4) is 0 Å². The lowest BCUT2D eigenvalue weighted by Gasteiger charge is -2.00. The van der Waals surface area contributed by atoms with Crippen molar-refractivity contribution in [2.24, 2.45) is 0 Å². The van der Waals surface area contributed by atoms with Crippen LogP contribution in [-0.2, 0) is 4.57 Å². The van der Waals surface area contributed by atoms with E-state index in [0.29, 0.717) is 11.1 Å². The first-order valence-corrected chi connectivity index (χ1v) is 6.77. The molecule has 2 N–H and O–H groups in total. The number of nitro benzene ring substituents is 1. The second-order valence-electron chi connectivity index (χ2n) is 3.76. The Bertz CT molecular complexity index is 655. The average molecular weight is 308 g/mol. The summed E-state index contributed by atoms with van der Waals surface area (Å²) in [6.07, 6.45) is 0. The molecule has 0 saturated carbocycles. The Kier molecular flexibility index (Phi) is 6.29. The van der Waals surface area contributed by atoms with Crippen molar-refractivity contribution in [1.29, 1.82) is 0 Å². The maximum Gasteiger partial charge on any atom is 0.692 e. The van der Waals surface area contributed by atoms with Gasteiger partial charge in [0, 0.05) is 27.8 Å². The molecule has 0 bridgehead atoms. The van der Waals surface area contributed by atoms with Crippen LogP contribution < -0.4 is 0 Å². The molecule has 108 valence electrons. The zero-order valence-corrected chi connectivity index (χ0v) is 11.5. The van der Waals surface area contributed by atoms with Crippen LogP contribution in [0.4, 0.5) is 5.69 Å². The minimum atomic E-state index is -2.87. The quantitative estimate of drug-likeness (QED) is 0.389. The average Bonchev–Trinajstić information content (AvgIpc) is 2.47. The number of nitro groups is 1. The number of nitrogens with zero attached hydrogens (tertiary/aromatic N) is 1. The molecule has 0 amide bonds. The van der Waals surface area contributed by atoms with Gasteiger partial charge in [0.15, 0.2) is 5.78 Å². The summed E-state index contributed by atoms with van der Waals surface area (Å²) in [6, 6.07) is 14.4. The molecular formula is C13H11NO6P+.